The van der Waals surface area contributed by atoms with Crippen LogP contribution in [0.4, 0.5) is 5.13 Å². The van der Waals surface area contributed by atoms with E-state index in [4.69, 9.17) is 5.73 Å². The van der Waals surface area contributed by atoms with Crippen molar-refractivity contribution < 1.29 is 4.79 Å². The Morgan fingerprint density at radius 1 is 1.33 bits per heavy atom. The summed E-state index contributed by atoms with van der Waals surface area (Å²) in [5.41, 5.74) is 5.64. The fourth-order valence-corrected chi connectivity index (χ4v) is 3.15. The summed E-state index contributed by atoms with van der Waals surface area (Å²) in [6, 6.07) is 0.459. The molecule has 0 atom stereocenters. The maximum Gasteiger partial charge on any atom is 0.234 e. The molecule has 0 radical (unpaired) electrons. The number of halogens is 1. The number of hydrogen-bond donors (Lipinski definition) is 2. The van der Waals surface area contributed by atoms with Gasteiger partial charge in [-0.3, -0.25) is 14.6 Å². The first-order chi connectivity index (χ1) is 9.69. The summed E-state index contributed by atoms with van der Waals surface area (Å²) < 4.78 is 0. The Morgan fingerprint density at radius 2 is 2.00 bits per heavy atom. The van der Waals surface area contributed by atoms with Gasteiger partial charge in [0.25, 0.3) is 0 Å². The highest BCUT2D eigenvalue weighted by Crippen LogP contribution is 2.19. The van der Waals surface area contributed by atoms with E-state index < -0.39 is 0 Å². The number of rotatable bonds is 5. The quantitative estimate of drug-likeness (QED) is 0.824. The topological polar surface area (TPSA) is 74.5 Å². The molecule has 1 saturated carbocycles. The molecule has 0 bridgehead atoms. The van der Waals surface area contributed by atoms with Crippen molar-refractivity contribution >= 4 is 34.8 Å². The Kier molecular flexibility index (Phi) is 5.80. The maximum atomic E-state index is 11.8. The fourth-order valence-electron chi connectivity index (χ4n) is 2.43. The Balaban J connectivity index is 0.00000161. The molecular formula is C13H22ClN5OS. The van der Waals surface area contributed by atoms with E-state index in [0.29, 0.717) is 17.7 Å². The minimum atomic E-state index is 0. The van der Waals surface area contributed by atoms with Gasteiger partial charge in [0.2, 0.25) is 5.91 Å². The van der Waals surface area contributed by atoms with Crippen LogP contribution in [-0.2, 0) is 11.3 Å². The summed E-state index contributed by atoms with van der Waals surface area (Å²) in [4.78, 5) is 21.7. The molecule has 1 aromatic rings. The third-order valence-corrected chi connectivity index (χ3v) is 4.54. The van der Waals surface area contributed by atoms with Gasteiger partial charge < -0.3 is 11.1 Å². The first kappa shape index (κ1) is 16.5. The van der Waals surface area contributed by atoms with Crippen LogP contribution in [0.2, 0.25) is 0 Å². The molecule has 1 saturated heterocycles. The predicted molar refractivity (Wildman–Crippen MR) is 86.7 cm³/mol. The molecule has 0 spiro atoms. The monoisotopic (exact) mass is 331 g/mol. The van der Waals surface area contributed by atoms with Crippen LogP contribution in [0, 0.1) is 0 Å². The second-order valence-electron chi connectivity index (χ2n) is 5.56. The summed E-state index contributed by atoms with van der Waals surface area (Å²) in [6.07, 6.45) is 4.16. The maximum absolute atomic E-state index is 11.8. The molecule has 3 rings (SSSR count). The first-order valence-corrected chi connectivity index (χ1v) is 7.95. The SMILES string of the molecule is Cl.Nc1ncc(CN2CCN(CC(=O)NC3CC3)CC2)s1. The largest absolute Gasteiger partial charge is 0.375 e. The molecule has 0 aromatic carbocycles. The van der Waals surface area contributed by atoms with Crippen LogP contribution in [0.3, 0.4) is 0 Å². The smallest absolute Gasteiger partial charge is 0.234 e. The number of nitrogens with one attached hydrogen (secondary N) is 1. The van der Waals surface area contributed by atoms with E-state index in [1.54, 1.807) is 11.3 Å². The highest BCUT2D eigenvalue weighted by molar-refractivity contribution is 7.15. The molecule has 21 heavy (non-hydrogen) atoms. The first-order valence-electron chi connectivity index (χ1n) is 7.13. The molecule has 1 aromatic heterocycles. The molecule has 3 N–H and O–H groups in total. The Bertz CT molecular complexity index is 471. The number of hydrogen-bond acceptors (Lipinski definition) is 6. The minimum absolute atomic E-state index is 0. The van der Waals surface area contributed by atoms with Gasteiger partial charge in [-0.05, 0) is 12.8 Å². The van der Waals surface area contributed by atoms with Crippen molar-refractivity contribution in [2.45, 2.75) is 25.4 Å². The fraction of sp³-hybridized carbons (Fsp3) is 0.692. The van der Waals surface area contributed by atoms with Crippen molar-refractivity contribution in [1.82, 2.24) is 20.1 Å². The Morgan fingerprint density at radius 3 is 2.57 bits per heavy atom. The summed E-state index contributed by atoms with van der Waals surface area (Å²) >= 11 is 1.55. The normalized spacial score (nSPS) is 20.0. The van der Waals surface area contributed by atoms with Gasteiger partial charge in [-0.2, -0.15) is 0 Å². The molecular weight excluding hydrogens is 310 g/mol. The summed E-state index contributed by atoms with van der Waals surface area (Å²) in [6.45, 7) is 5.34. The van der Waals surface area contributed by atoms with E-state index >= 15 is 0 Å². The number of piperazine rings is 1. The van der Waals surface area contributed by atoms with Gasteiger partial charge in [0, 0.05) is 49.8 Å². The molecule has 2 aliphatic rings. The number of carbonyl (C=O) groups is 1. The minimum Gasteiger partial charge on any atom is -0.375 e. The van der Waals surface area contributed by atoms with E-state index in [2.05, 4.69) is 20.1 Å². The van der Waals surface area contributed by atoms with Gasteiger partial charge in [0.15, 0.2) is 5.13 Å². The second-order valence-corrected chi connectivity index (χ2v) is 6.71. The zero-order chi connectivity index (χ0) is 13.9. The third kappa shape index (κ3) is 5.10. The summed E-state index contributed by atoms with van der Waals surface area (Å²) in [5, 5.41) is 3.67. The highest BCUT2D eigenvalue weighted by Gasteiger charge is 2.25. The molecule has 1 aliphatic heterocycles. The lowest BCUT2D eigenvalue weighted by Crippen LogP contribution is -2.49. The number of nitrogens with two attached hydrogens (primary N) is 1. The van der Waals surface area contributed by atoms with Crippen molar-refractivity contribution in [2.24, 2.45) is 0 Å². The van der Waals surface area contributed by atoms with Gasteiger partial charge >= 0.3 is 0 Å². The van der Waals surface area contributed by atoms with Gasteiger partial charge in [0.1, 0.15) is 0 Å². The predicted octanol–water partition coefficient (Wildman–Crippen LogP) is 0.543. The van der Waals surface area contributed by atoms with E-state index in [1.165, 1.54) is 4.88 Å². The number of nitrogens with zero attached hydrogens (tertiary/aromatic N) is 3. The standard InChI is InChI=1S/C13H21N5OS.ClH/c14-13-15-7-11(20-13)8-17-3-5-18(6-4-17)9-12(19)16-10-1-2-10;/h7,10H,1-6,8-9H2,(H2,14,15)(H,16,19);1H. The number of carbonyl (C=O) groups excluding carboxylic acids is 1. The molecule has 2 heterocycles. The molecule has 0 unspecified atom stereocenters. The van der Waals surface area contributed by atoms with Gasteiger partial charge in [-0.1, -0.05) is 0 Å². The van der Waals surface area contributed by atoms with Crippen LogP contribution in [0.1, 0.15) is 17.7 Å². The number of amides is 1. The van der Waals surface area contributed by atoms with E-state index in [9.17, 15) is 4.79 Å². The average Bonchev–Trinajstić information content (AvgIpc) is 3.13. The third-order valence-electron chi connectivity index (χ3n) is 3.73. The van der Waals surface area contributed by atoms with Gasteiger partial charge in [-0.25, -0.2) is 4.98 Å². The molecule has 8 heteroatoms. The zero-order valence-corrected chi connectivity index (χ0v) is 13.6. The molecule has 1 amide bonds. The number of anilines is 1. The Labute approximate surface area is 135 Å². The van der Waals surface area contributed by atoms with Crippen LogP contribution in [0.15, 0.2) is 6.20 Å². The van der Waals surface area contributed by atoms with Gasteiger partial charge in [0.05, 0.1) is 6.54 Å². The van der Waals surface area contributed by atoms with Crippen molar-refractivity contribution in [3.8, 4) is 0 Å². The lowest BCUT2D eigenvalue weighted by atomic mass is 10.3. The second kappa shape index (κ2) is 7.40. The van der Waals surface area contributed by atoms with Crippen molar-refractivity contribution in [3.05, 3.63) is 11.1 Å². The van der Waals surface area contributed by atoms with Crippen LogP contribution in [0.25, 0.3) is 0 Å². The van der Waals surface area contributed by atoms with Crippen molar-refractivity contribution in [1.29, 1.82) is 0 Å². The average molecular weight is 332 g/mol. The zero-order valence-electron chi connectivity index (χ0n) is 12.0. The summed E-state index contributed by atoms with van der Waals surface area (Å²) in [7, 11) is 0. The highest BCUT2D eigenvalue weighted by atomic mass is 35.5. The lowest BCUT2D eigenvalue weighted by Gasteiger charge is -2.33. The Hall–Kier alpha value is -0.890. The van der Waals surface area contributed by atoms with Crippen LogP contribution in [-0.4, -0.2) is 59.5 Å². The molecule has 1 aliphatic carbocycles. The van der Waals surface area contributed by atoms with Crippen molar-refractivity contribution in [2.75, 3.05) is 38.5 Å². The van der Waals surface area contributed by atoms with Crippen LogP contribution < -0.4 is 11.1 Å². The van der Waals surface area contributed by atoms with Crippen LogP contribution >= 0.6 is 23.7 Å². The van der Waals surface area contributed by atoms with E-state index in [0.717, 1.165) is 45.6 Å². The lowest BCUT2D eigenvalue weighted by molar-refractivity contribution is -0.122. The van der Waals surface area contributed by atoms with Crippen molar-refractivity contribution in [3.63, 3.8) is 0 Å². The number of aromatic nitrogens is 1. The number of thiazole rings is 1. The van der Waals surface area contributed by atoms with Gasteiger partial charge in [-0.15, -0.1) is 23.7 Å². The van der Waals surface area contributed by atoms with E-state index in [-0.39, 0.29) is 18.3 Å². The van der Waals surface area contributed by atoms with E-state index in [1.807, 2.05) is 6.20 Å². The molecule has 6 nitrogen and oxygen atoms in total. The molecule has 118 valence electrons. The van der Waals surface area contributed by atoms with Crippen LogP contribution in [0.5, 0.6) is 0 Å². The summed E-state index contributed by atoms with van der Waals surface area (Å²) in [5.74, 6) is 0.177. The number of nitrogen functional groups attached to an aromatic ring is 1. The molecule has 2 fully saturated rings.